The maximum absolute atomic E-state index is 12.3. The zero-order chi connectivity index (χ0) is 17.6. The average molecular weight is 335 g/mol. The van der Waals surface area contributed by atoms with Crippen molar-refractivity contribution in [2.75, 3.05) is 7.05 Å². The summed E-state index contributed by atoms with van der Waals surface area (Å²) in [5, 5.41) is 4.00. The second-order valence-electron chi connectivity index (χ2n) is 6.11. The minimum atomic E-state index is 0.0546. The van der Waals surface area contributed by atoms with Crippen molar-refractivity contribution in [1.29, 1.82) is 0 Å². The summed E-state index contributed by atoms with van der Waals surface area (Å²) in [7, 11) is 1.75. The van der Waals surface area contributed by atoms with Crippen LogP contribution in [0.5, 0.6) is 0 Å². The van der Waals surface area contributed by atoms with Gasteiger partial charge in [-0.25, -0.2) is 0 Å². The summed E-state index contributed by atoms with van der Waals surface area (Å²) < 4.78 is 5.28. The lowest BCUT2D eigenvalue weighted by molar-refractivity contribution is -0.130. The zero-order valence-electron chi connectivity index (χ0n) is 14.5. The minimum absolute atomic E-state index is 0.0546. The van der Waals surface area contributed by atoms with Crippen molar-refractivity contribution < 1.29 is 9.32 Å². The number of rotatable bonds is 6. The van der Waals surface area contributed by atoms with Gasteiger partial charge in [-0.15, -0.1) is 0 Å². The normalized spacial score (nSPS) is 10.6. The Bertz CT molecular complexity index is 826. The van der Waals surface area contributed by atoms with Crippen LogP contribution in [0.15, 0.2) is 59.1 Å². The molecule has 0 atom stereocenters. The first kappa shape index (κ1) is 16.9. The molecule has 0 unspecified atom stereocenters. The lowest BCUT2D eigenvalue weighted by Crippen LogP contribution is -2.26. The molecule has 0 fully saturated rings. The number of benzene rings is 2. The molecule has 0 radical (unpaired) electrons. The fourth-order valence-corrected chi connectivity index (χ4v) is 2.52. The Hall–Kier alpha value is -2.95. The van der Waals surface area contributed by atoms with Gasteiger partial charge >= 0.3 is 0 Å². The van der Waals surface area contributed by atoms with Crippen LogP contribution in [0, 0.1) is 6.92 Å². The lowest BCUT2D eigenvalue weighted by atomic mass is 10.1. The van der Waals surface area contributed by atoms with Gasteiger partial charge in [0.2, 0.25) is 17.6 Å². The van der Waals surface area contributed by atoms with Crippen LogP contribution >= 0.6 is 0 Å². The van der Waals surface area contributed by atoms with Gasteiger partial charge in [-0.05, 0) is 18.9 Å². The van der Waals surface area contributed by atoms with Gasteiger partial charge in [-0.1, -0.05) is 65.3 Å². The van der Waals surface area contributed by atoms with Crippen LogP contribution in [0.3, 0.4) is 0 Å². The van der Waals surface area contributed by atoms with Crippen molar-refractivity contribution in [3.05, 3.63) is 71.6 Å². The molecule has 3 aromatic rings. The highest BCUT2D eigenvalue weighted by Gasteiger charge is 2.14. The fraction of sp³-hybridized carbons (Fsp3) is 0.250. The summed E-state index contributed by atoms with van der Waals surface area (Å²) in [4.78, 5) is 18.3. The molecule has 2 aromatic carbocycles. The Morgan fingerprint density at radius 2 is 1.80 bits per heavy atom. The molecular formula is C20H21N3O2. The van der Waals surface area contributed by atoms with E-state index in [1.54, 1.807) is 11.9 Å². The molecule has 0 saturated carbocycles. The van der Waals surface area contributed by atoms with Crippen LogP contribution in [0.1, 0.15) is 23.4 Å². The lowest BCUT2D eigenvalue weighted by Gasteiger charge is -2.14. The fourth-order valence-electron chi connectivity index (χ4n) is 2.52. The van der Waals surface area contributed by atoms with E-state index in [4.69, 9.17) is 4.52 Å². The smallest absolute Gasteiger partial charge is 0.246 e. The number of aromatic nitrogens is 2. The first-order valence-electron chi connectivity index (χ1n) is 8.29. The first-order chi connectivity index (χ1) is 12.1. The van der Waals surface area contributed by atoms with Gasteiger partial charge in [0.15, 0.2) is 0 Å². The highest BCUT2D eigenvalue weighted by molar-refractivity contribution is 5.76. The quantitative estimate of drug-likeness (QED) is 0.690. The van der Waals surface area contributed by atoms with Crippen molar-refractivity contribution in [2.24, 2.45) is 0 Å². The van der Waals surface area contributed by atoms with E-state index in [0.717, 1.165) is 17.5 Å². The summed E-state index contributed by atoms with van der Waals surface area (Å²) in [6.07, 6.45) is 1.18. The third kappa shape index (κ3) is 4.53. The van der Waals surface area contributed by atoms with Crippen molar-refractivity contribution in [3.63, 3.8) is 0 Å². The van der Waals surface area contributed by atoms with Gasteiger partial charge < -0.3 is 9.42 Å². The summed E-state index contributed by atoms with van der Waals surface area (Å²) in [6, 6.07) is 17.9. The molecule has 0 aliphatic rings. The largest absolute Gasteiger partial charge is 0.337 e. The second kappa shape index (κ2) is 7.75. The Morgan fingerprint density at radius 1 is 1.08 bits per heavy atom. The Balaban J connectivity index is 1.56. The van der Waals surface area contributed by atoms with Crippen LogP contribution in [0.25, 0.3) is 11.4 Å². The van der Waals surface area contributed by atoms with E-state index >= 15 is 0 Å². The van der Waals surface area contributed by atoms with Crippen molar-refractivity contribution in [3.8, 4) is 11.4 Å². The summed E-state index contributed by atoms with van der Waals surface area (Å²) >= 11 is 0. The highest BCUT2D eigenvalue weighted by atomic mass is 16.5. The van der Waals surface area contributed by atoms with Crippen molar-refractivity contribution in [2.45, 2.75) is 26.3 Å². The molecule has 0 saturated heterocycles. The topological polar surface area (TPSA) is 59.2 Å². The summed E-state index contributed by atoms with van der Waals surface area (Å²) in [6.45, 7) is 2.34. The van der Waals surface area contributed by atoms with Gasteiger partial charge in [-0.2, -0.15) is 4.98 Å². The van der Waals surface area contributed by atoms with E-state index in [0.29, 0.717) is 24.7 Å². The molecule has 5 nitrogen and oxygen atoms in total. The van der Waals surface area contributed by atoms with Gasteiger partial charge in [0.1, 0.15) is 0 Å². The van der Waals surface area contributed by atoms with Crippen molar-refractivity contribution in [1.82, 2.24) is 15.0 Å². The number of carbonyl (C=O) groups excluding carboxylic acids is 1. The predicted octanol–water partition coefficient (Wildman–Crippen LogP) is 3.64. The van der Waals surface area contributed by atoms with Gasteiger partial charge in [0.25, 0.3) is 0 Å². The van der Waals surface area contributed by atoms with Crippen LogP contribution in [-0.2, 0) is 17.8 Å². The summed E-state index contributed by atoms with van der Waals surface area (Å²) in [5.41, 5.74) is 3.23. The predicted molar refractivity (Wildman–Crippen MR) is 95.7 cm³/mol. The minimum Gasteiger partial charge on any atom is -0.337 e. The number of hydrogen-bond acceptors (Lipinski definition) is 4. The standard InChI is InChI=1S/C20H21N3O2/c1-15-8-11-17(12-9-15)20-21-18(25-22-20)14-23(2)19(24)13-10-16-6-4-3-5-7-16/h3-9,11-12H,10,13-14H2,1-2H3. The number of aryl methyl sites for hydroxylation is 2. The van der Waals surface area contributed by atoms with E-state index in [9.17, 15) is 4.79 Å². The van der Waals surface area contributed by atoms with E-state index in [1.807, 2.05) is 61.5 Å². The Morgan fingerprint density at radius 3 is 2.52 bits per heavy atom. The SMILES string of the molecule is Cc1ccc(-c2noc(CN(C)C(=O)CCc3ccccc3)n2)cc1. The zero-order valence-corrected chi connectivity index (χ0v) is 14.5. The number of amides is 1. The van der Waals surface area contributed by atoms with Crippen molar-refractivity contribution >= 4 is 5.91 Å². The van der Waals surface area contributed by atoms with E-state index in [-0.39, 0.29) is 5.91 Å². The van der Waals surface area contributed by atoms with Crippen LogP contribution in [0.4, 0.5) is 0 Å². The number of carbonyl (C=O) groups is 1. The van der Waals surface area contributed by atoms with E-state index < -0.39 is 0 Å². The van der Waals surface area contributed by atoms with Gasteiger partial charge in [0, 0.05) is 19.0 Å². The molecule has 25 heavy (non-hydrogen) atoms. The van der Waals surface area contributed by atoms with Gasteiger partial charge in [-0.3, -0.25) is 4.79 Å². The van der Waals surface area contributed by atoms with E-state index in [1.165, 1.54) is 5.56 Å². The molecule has 0 aliphatic heterocycles. The maximum Gasteiger partial charge on any atom is 0.246 e. The molecule has 5 heteroatoms. The Kier molecular flexibility index (Phi) is 5.23. The number of hydrogen-bond donors (Lipinski definition) is 0. The molecule has 128 valence electrons. The molecule has 1 aromatic heterocycles. The number of nitrogens with zero attached hydrogens (tertiary/aromatic N) is 3. The molecule has 0 aliphatic carbocycles. The molecular weight excluding hydrogens is 314 g/mol. The van der Waals surface area contributed by atoms with Crippen LogP contribution < -0.4 is 0 Å². The third-order valence-corrected chi connectivity index (χ3v) is 4.05. The second-order valence-corrected chi connectivity index (χ2v) is 6.11. The Labute approximate surface area is 147 Å². The van der Waals surface area contributed by atoms with Crippen LogP contribution in [-0.4, -0.2) is 28.0 Å². The van der Waals surface area contributed by atoms with Gasteiger partial charge in [0.05, 0.1) is 6.54 Å². The molecule has 0 spiro atoms. The third-order valence-electron chi connectivity index (χ3n) is 4.05. The highest BCUT2D eigenvalue weighted by Crippen LogP contribution is 2.17. The molecule has 0 bridgehead atoms. The molecule has 0 N–H and O–H groups in total. The van der Waals surface area contributed by atoms with E-state index in [2.05, 4.69) is 10.1 Å². The van der Waals surface area contributed by atoms with Crippen LogP contribution in [0.2, 0.25) is 0 Å². The average Bonchev–Trinajstić information content (AvgIpc) is 3.09. The summed E-state index contributed by atoms with van der Waals surface area (Å²) in [5.74, 6) is 1.03. The molecule has 3 rings (SSSR count). The monoisotopic (exact) mass is 335 g/mol. The first-order valence-corrected chi connectivity index (χ1v) is 8.29. The molecule has 1 heterocycles. The molecule has 1 amide bonds. The maximum atomic E-state index is 12.3.